The smallest absolute Gasteiger partial charge is 0.330 e. The molecule has 0 aliphatic heterocycles. The Kier molecular flexibility index (Phi) is 6.48. The fraction of sp³-hybridized carbons (Fsp3) is 0.667. The first kappa shape index (κ1) is 15.6. The van der Waals surface area contributed by atoms with E-state index >= 15 is 0 Å². The van der Waals surface area contributed by atoms with Crippen molar-refractivity contribution in [3.63, 3.8) is 0 Å². The second-order valence-electron chi connectivity index (χ2n) is 4.19. The Morgan fingerprint density at radius 3 is 2.63 bits per heavy atom. The molecule has 1 aromatic heterocycles. The van der Waals surface area contributed by atoms with E-state index in [9.17, 15) is 9.59 Å². The molecular weight excluding hydrogens is 250 g/mol. The summed E-state index contributed by atoms with van der Waals surface area (Å²) in [7, 11) is 4.72. The van der Waals surface area contributed by atoms with Gasteiger partial charge in [-0.1, -0.05) is 0 Å². The Morgan fingerprint density at radius 1 is 1.21 bits per heavy atom. The van der Waals surface area contributed by atoms with E-state index in [0.29, 0.717) is 38.5 Å². The molecule has 0 aliphatic rings. The highest BCUT2D eigenvalue weighted by Gasteiger charge is 2.05. The normalized spacial score (nSPS) is 10.9. The Morgan fingerprint density at radius 2 is 1.95 bits per heavy atom. The van der Waals surface area contributed by atoms with E-state index in [4.69, 9.17) is 9.47 Å². The lowest BCUT2D eigenvalue weighted by Gasteiger charge is -2.08. The third-order valence-corrected chi connectivity index (χ3v) is 2.69. The molecule has 0 aromatic carbocycles. The number of aromatic nitrogens is 2. The van der Waals surface area contributed by atoms with Crippen molar-refractivity contribution in [2.45, 2.75) is 6.54 Å². The summed E-state index contributed by atoms with van der Waals surface area (Å²) in [5.41, 5.74) is -0.0333. The molecule has 0 saturated heterocycles. The van der Waals surface area contributed by atoms with Gasteiger partial charge in [-0.15, -0.1) is 0 Å². The molecule has 108 valence electrons. The summed E-state index contributed by atoms with van der Waals surface area (Å²) in [6.07, 6.45) is 1.56. The quantitative estimate of drug-likeness (QED) is 0.604. The molecule has 1 N–H and O–H groups in total. The van der Waals surface area contributed by atoms with Crippen molar-refractivity contribution < 1.29 is 9.47 Å². The van der Waals surface area contributed by atoms with Gasteiger partial charge in [0.05, 0.1) is 19.8 Å². The van der Waals surface area contributed by atoms with Crippen molar-refractivity contribution in [3.8, 4) is 0 Å². The van der Waals surface area contributed by atoms with Gasteiger partial charge in [0.1, 0.15) is 0 Å². The van der Waals surface area contributed by atoms with Crippen LogP contribution in [0.2, 0.25) is 0 Å². The summed E-state index contributed by atoms with van der Waals surface area (Å²) < 4.78 is 12.6. The maximum atomic E-state index is 11.8. The molecule has 1 rings (SSSR count). The Bertz CT molecular complexity index is 507. The van der Waals surface area contributed by atoms with E-state index in [1.54, 1.807) is 20.4 Å². The average Bonchev–Trinajstić information content (AvgIpc) is 2.41. The zero-order valence-corrected chi connectivity index (χ0v) is 11.6. The van der Waals surface area contributed by atoms with Gasteiger partial charge < -0.3 is 19.4 Å². The van der Waals surface area contributed by atoms with Crippen LogP contribution in [0.4, 0.5) is 0 Å². The van der Waals surface area contributed by atoms with Gasteiger partial charge >= 0.3 is 5.69 Å². The highest BCUT2D eigenvalue weighted by molar-refractivity contribution is 5.05. The molecule has 19 heavy (non-hydrogen) atoms. The number of nitrogens with zero attached hydrogens (tertiary/aromatic N) is 2. The zero-order chi connectivity index (χ0) is 14.3. The van der Waals surface area contributed by atoms with Crippen LogP contribution in [0.3, 0.4) is 0 Å². The van der Waals surface area contributed by atoms with Gasteiger partial charge in [0.15, 0.2) is 0 Å². The van der Waals surface area contributed by atoms with Gasteiger partial charge in [0, 0.05) is 46.1 Å². The largest absolute Gasteiger partial charge is 0.382 e. The van der Waals surface area contributed by atoms with Gasteiger partial charge in [0.25, 0.3) is 5.56 Å². The van der Waals surface area contributed by atoms with E-state index in [1.807, 2.05) is 0 Å². The van der Waals surface area contributed by atoms with Crippen molar-refractivity contribution >= 4 is 0 Å². The summed E-state index contributed by atoms with van der Waals surface area (Å²) in [5.74, 6) is 0. The third-order valence-electron chi connectivity index (χ3n) is 2.69. The summed E-state index contributed by atoms with van der Waals surface area (Å²) >= 11 is 0. The van der Waals surface area contributed by atoms with Crippen LogP contribution >= 0.6 is 0 Å². The molecule has 0 fully saturated rings. The fourth-order valence-corrected chi connectivity index (χ4v) is 1.62. The molecule has 0 radical (unpaired) electrons. The lowest BCUT2D eigenvalue weighted by atomic mass is 10.3. The minimum absolute atomic E-state index is 0.268. The number of rotatable bonds is 8. The van der Waals surface area contributed by atoms with E-state index in [2.05, 4.69) is 5.32 Å². The van der Waals surface area contributed by atoms with Crippen LogP contribution in [0.5, 0.6) is 0 Å². The Balaban J connectivity index is 2.42. The van der Waals surface area contributed by atoms with E-state index in [0.717, 1.165) is 4.57 Å². The summed E-state index contributed by atoms with van der Waals surface area (Å²) in [4.78, 5) is 23.3. The molecule has 0 atom stereocenters. The van der Waals surface area contributed by atoms with Crippen LogP contribution in [0.1, 0.15) is 5.56 Å². The molecule has 7 heteroatoms. The second-order valence-corrected chi connectivity index (χ2v) is 4.19. The molecule has 0 aliphatic carbocycles. The average molecular weight is 271 g/mol. The standard InChI is InChI=1S/C12H21N3O4/c1-14-9-10(11(16)15(2)12(14)17)8-13-4-5-19-7-6-18-3/h9,13H,4-8H2,1-3H3. The highest BCUT2D eigenvalue weighted by Crippen LogP contribution is 1.87. The molecule has 0 unspecified atom stereocenters. The summed E-state index contributed by atoms with van der Waals surface area (Å²) in [6.45, 7) is 2.72. The maximum Gasteiger partial charge on any atom is 0.330 e. The van der Waals surface area contributed by atoms with Crippen molar-refractivity contribution in [1.29, 1.82) is 0 Å². The molecule has 1 heterocycles. The predicted molar refractivity (Wildman–Crippen MR) is 71.3 cm³/mol. The first-order chi connectivity index (χ1) is 9.07. The monoisotopic (exact) mass is 271 g/mol. The molecule has 0 amide bonds. The van der Waals surface area contributed by atoms with Crippen molar-refractivity contribution in [1.82, 2.24) is 14.5 Å². The number of aryl methyl sites for hydroxylation is 1. The van der Waals surface area contributed by atoms with Gasteiger partial charge in [-0.3, -0.25) is 9.36 Å². The topological polar surface area (TPSA) is 74.5 Å². The molecule has 0 saturated carbocycles. The fourth-order valence-electron chi connectivity index (χ4n) is 1.62. The third kappa shape index (κ3) is 4.62. The minimum atomic E-state index is -0.323. The lowest BCUT2D eigenvalue weighted by Crippen LogP contribution is -2.39. The van der Waals surface area contributed by atoms with E-state index < -0.39 is 0 Å². The van der Waals surface area contributed by atoms with Gasteiger partial charge in [-0.2, -0.15) is 0 Å². The first-order valence-corrected chi connectivity index (χ1v) is 6.11. The lowest BCUT2D eigenvalue weighted by molar-refractivity contribution is 0.0719. The molecule has 7 nitrogen and oxygen atoms in total. The number of ether oxygens (including phenoxy) is 2. The van der Waals surface area contributed by atoms with Gasteiger partial charge in [-0.05, 0) is 0 Å². The van der Waals surface area contributed by atoms with Crippen LogP contribution in [-0.4, -0.2) is 42.6 Å². The van der Waals surface area contributed by atoms with Gasteiger partial charge in [-0.25, -0.2) is 4.79 Å². The van der Waals surface area contributed by atoms with Crippen LogP contribution in [-0.2, 0) is 30.1 Å². The SMILES string of the molecule is COCCOCCNCc1cn(C)c(=O)n(C)c1=O. The van der Waals surface area contributed by atoms with Crippen LogP contribution in [0.15, 0.2) is 15.8 Å². The highest BCUT2D eigenvalue weighted by atomic mass is 16.5. The number of nitrogens with one attached hydrogen (secondary N) is 1. The zero-order valence-electron chi connectivity index (χ0n) is 11.6. The number of hydrogen-bond acceptors (Lipinski definition) is 5. The van der Waals surface area contributed by atoms with Crippen molar-refractivity contribution in [3.05, 3.63) is 32.6 Å². The molecule has 0 spiro atoms. The van der Waals surface area contributed by atoms with Crippen LogP contribution in [0.25, 0.3) is 0 Å². The summed E-state index contributed by atoms with van der Waals surface area (Å²) in [5, 5.41) is 3.10. The van der Waals surface area contributed by atoms with Crippen molar-refractivity contribution in [2.75, 3.05) is 33.5 Å². The van der Waals surface area contributed by atoms with Gasteiger partial charge in [0.2, 0.25) is 0 Å². The molecule has 1 aromatic rings. The minimum Gasteiger partial charge on any atom is -0.382 e. The Labute approximate surface area is 111 Å². The van der Waals surface area contributed by atoms with Crippen molar-refractivity contribution in [2.24, 2.45) is 14.1 Å². The van der Waals surface area contributed by atoms with Crippen LogP contribution in [0, 0.1) is 0 Å². The van der Waals surface area contributed by atoms with E-state index in [-0.39, 0.29) is 11.2 Å². The maximum absolute atomic E-state index is 11.8. The second kappa shape index (κ2) is 7.88. The van der Waals surface area contributed by atoms with E-state index in [1.165, 1.54) is 11.6 Å². The summed E-state index contributed by atoms with van der Waals surface area (Å²) in [6, 6.07) is 0. The Hall–Kier alpha value is -1.44. The van der Waals surface area contributed by atoms with Crippen LogP contribution < -0.4 is 16.6 Å². The number of hydrogen-bond donors (Lipinski definition) is 1. The predicted octanol–water partition coefficient (Wildman–Crippen LogP) is -1.16. The molecular formula is C12H21N3O4. The first-order valence-electron chi connectivity index (χ1n) is 6.11. The molecule has 0 bridgehead atoms. The number of methoxy groups -OCH3 is 1.